The molecular formula is C36H52O15. The third-order valence-electron chi connectivity index (χ3n) is 14.1. The summed E-state index contributed by atoms with van der Waals surface area (Å²) in [7, 11) is 0. The van der Waals surface area contributed by atoms with Crippen molar-refractivity contribution in [1.82, 2.24) is 0 Å². The number of rotatable bonds is 7. The maximum Gasteiger partial charge on any atom is 0.335 e. The average molecular weight is 725 g/mol. The molecule has 3 heterocycles. The number of hydrogen-bond acceptors (Lipinski definition) is 15. The zero-order chi connectivity index (χ0) is 36.7. The van der Waals surface area contributed by atoms with E-state index in [1.54, 1.807) is 6.07 Å². The zero-order valence-electron chi connectivity index (χ0n) is 28.9. The van der Waals surface area contributed by atoms with Gasteiger partial charge in [-0.2, -0.15) is 0 Å². The van der Waals surface area contributed by atoms with Gasteiger partial charge in [0.25, 0.3) is 0 Å². The molecule has 7 rings (SSSR count). The number of aldehydes is 1. The van der Waals surface area contributed by atoms with E-state index in [1.165, 1.54) is 19.3 Å². The minimum Gasteiger partial charge on any atom is -0.431 e. The van der Waals surface area contributed by atoms with Gasteiger partial charge in [0.2, 0.25) is 0 Å². The molecule has 1 aromatic rings. The number of fused-ring (bicyclic) bond motifs is 5. The van der Waals surface area contributed by atoms with Crippen LogP contribution in [0.4, 0.5) is 0 Å². The summed E-state index contributed by atoms with van der Waals surface area (Å²) in [5.74, 6) is -0.548. The van der Waals surface area contributed by atoms with E-state index >= 15 is 0 Å². The van der Waals surface area contributed by atoms with E-state index in [1.807, 2.05) is 0 Å². The fraction of sp³-hybridized carbons (Fsp3) is 0.833. The highest BCUT2D eigenvalue weighted by Crippen LogP contribution is 2.71. The van der Waals surface area contributed by atoms with E-state index in [0.29, 0.717) is 38.5 Å². The van der Waals surface area contributed by atoms with E-state index in [0.717, 1.165) is 11.8 Å². The van der Waals surface area contributed by atoms with Crippen molar-refractivity contribution in [2.75, 3.05) is 6.61 Å². The summed E-state index contributed by atoms with van der Waals surface area (Å²) in [4.78, 5) is 24.8. The fourth-order valence-corrected chi connectivity index (χ4v) is 11.0. The van der Waals surface area contributed by atoms with Gasteiger partial charge in [0, 0.05) is 17.9 Å². The molecule has 6 fully saturated rings. The molecule has 0 bridgehead atoms. The lowest BCUT2D eigenvalue weighted by atomic mass is 9.41. The van der Waals surface area contributed by atoms with Crippen molar-refractivity contribution in [2.45, 2.75) is 156 Å². The highest BCUT2D eigenvalue weighted by atomic mass is 16.7. The smallest absolute Gasteiger partial charge is 0.335 e. The minimum absolute atomic E-state index is 0.0294. The molecule has 51 heavy (non-hydrogen) atoms. The van der Waals surface area contributed by atoms with Crippen molar-refractivity contribution in [3.05, 3.63) is 34.4 Å². The molecule has 2 aliphatic heterocycles. The van der Waals surface area contributed by atoms with Gasteiger partial charge in [0.15, 0.2) is 12.6 Å². The van der Waals surface area contributed by atoms with E-state index in [2.05, 4.69) is 6.92 Å². The Morgan fingerprint density at radius 3 is 2.24 bits per heavy atom. The number of hydrogen-bond donors (Lipinski definition) is 8. The van der Waals surface area contributed by atoms with Gasteiger partial charge in [-0.1, -0.05) is 6.92 Å². The molecule has 2 saturated heterocycles. The molecule has 15 nitrogen and oxygen atoms in total. The number of carbonyl (C=O) groups is 1. The first-order valence-corrected chi connectivity index (χ1v) is 18.3. The summed E-state index contributed by atoms with van der Waals surface area (Å²) in [5, 5.41) is 87.4. The summed E-state index contributed by atoms with van der Waals surface area (Å²) in [5.41, 5.74) is -3.79. The Morgan fingerprint density at radius 2 is 1.53 bits per heavy atom. The van der Waals surface area contributed by atoms with E-state index in [9.17, 15) is 50.4 Å². The van der Waals surface area contributed by atoms with Crippen molar-refractivity contribution in [3.8, 4) is 0 Å². The predicted octanol–water partition coefficient (Wildman–Crippen LogP) is -0.788. The molecule has 8 N–H and O–H groups in total. The van der Waals surface area contributed by atoms with Crippen LogP contribution in [0.2, 0.25) is 0 Å². The first-order chi connectivity index (χ1) is 24.1. The average Bonchev–Trinajstić information content (AvgIpc) is 3.39. The molecule has 18 unspecified atom stereocenters. The first kappa shape index (κ1) is 37.5. The molecule has 0 aromatic carbocycles. The Morgan fingerprint density at radius 1 is 0.824 bits per heavy atom. The van der Waals surface area contributed by atoms with Gasteiger partial charge in [-0.25, -0.2) is 4.79 Å². The second kappa shape index (κ2) is 13.5. The fourth-order valence-electron chi connectivity index (χ4n) is 11.0. The Balaban J connectivity index is 1.03. The monoisotopic (exact) mass is 724 g/mol. The largest absolute Gasteiger partial charge is 0.431 e. The van der Waals surface area contributed by atoms with Crippen LogP contribution in [0, 0.1) is 22.7 Å². The molecule has 0 spiro atoms. The molecule has 6 aliphatic rings. The maximum atomic E-state index is 13.2. The van der Waals surface area contributed by atoms with Crippen molar-refractivity contribution >= 4 is 6.29 Å². The second-order valence-electron chi connectivity index (χ2n) is 16.3. The summed E-state index contributed by atoms with van der Waals surface area (Å²) < 4.78 is 28.2. The first-order valence-electron chi connectivity index (χ1n) is 18.3. The lowest BCUT2D eigenvalue weighted by Gasteiger charge is -2.65. The van der Waals surface area contributed by atoms with Crippen molar-refractivity contribution in [2.24, 2.45) is 22.7 Å². The van der Waals surface area contributed by atoms with Gasteiger partial charge in [-0.15, -0.1) is 0 Å². The van der Waals surface area contributed by atoms with E-state index in [4.69, 9.17) is 23.4 Å². The Kier molecular flexibility index (Phi) is 9.89. The third-order valence-corrected chi connectivity index (χ3v) is 14.1. The summed E-state index contributed by atoms with van der Waals surface area (Å²) in [6.07, 6.45) is -8.89. The molecule has 4 saturated carbocycles. The minimum atomic E-state index is -1.70. The van der Waals surface area contributed by atoms with Gasteiger partial charge in [0.1, 0.15) is 49.0 Å². The Bertz CT molecular complexity index is 1470. The zero-order valence-corrected chi connectivity index (χ0v) is 28.9. The molecular weight excluding hydrogens is 672 g/mol. The van der Waals surface area contributed by atoms with Crippen LogP contribution in [0.1, 0.15) is 83.1 Å². The highest BCUT2D eigenvalue weighted by molar-refractivity contribution is 5.64. The van der Waals surface area contributed by atoms with Gasteiger partial charge in [-0.05, 0) is 87.7 Å². The second-order valence-corrected chi connectivity index (χ2v) is 16.3. The van der Waals surface area contributed by atoms with Crippen LogP contribution in [0.25, 0.3) is 0 Å². The Labute approximate surface area is 295 Å². The number of carbonyl (C=O) groups excluding carboxylic acids is 1. The van der Waals surface area contributed by atoms with Gasteiger partial charge >= 0.3 is 5.63 Å². The van der Waals surface area contributed by atoms with Gasteiger partial charge < -0.3 is 69.0 Å². The van der Waals surface area contributed by atoms with Crippen molar-refractivity contribution in [1.29, 1.82) is 0 Å². The molecule has 286 valence electrons. The normalized spacial score (nSPS) is 52.7. The summed E-state index contributed by atoms with van der Waals surface area (Å²) in [6, 6.07) is 3.16. The van der Waals surface area contributed by atoms with Gasteiger partial charge in [-0.3, -0.25) is 0 Å². The standard InChI is InChI=1S/C36H52O15/c1-17-25(39)27(41)29(43)31(49-17)48-15-23-26(40)28(42)30(44)32(51-23)50-19-5-10-34(16-37)21-6-9-33(2)20(18-3-4-24(38)47-14-18)8-12-36(33,46)22(21)7-11-35(34,45)13-19/h3-4,14,16-17,19-23,25-32,39-46H,5-13,15H2,1-2H3. The lowest BCUT2D eigenvalue weighted by molar-refractivity contribution is -0.339. The number of aliphatic hydroxyl groups excluding tert-OH is 6. The SMILES string of the molecule is CC1OC(OCC2OC(OC3CCC4(C=O)C5CCC6(C)C(c7ccc(=O)oc7)CCC6(O)C5CCC4(O)C3)C(O)C(O)C2O)C(O)C(O)C1O. The van der Waals surface area contributed by atoms with Crippen molar-refractivity contribution < 1.29 is 69.0 Å². The number of ether oxygens (including phenoxy) is 4. The molecule has 0 radical (unpaired) electrons. The molecule has 15 heteroatoms. The maximum absolute atomic E-state index is 13.2. The number of aliphatic hydroxyl groups is 8. The van der Waals surface area contributed by atoms with E-state index < -0.39 is 102 Å². The summed E-state index contributed by atoms with van der Waals surface area (Å²) in [6.45, 7) is 3.14. The Hall–Kier alpha value is -1.86. The van der Waals surface area contributed by atoms with Crippen LogP contribution in [0.3, 0.4) is 0 Å². The van der Waals surface area contributed by atoms with Crippen LogP contribution >= 0.6 is 0 Å². The summed E-state index contributed by atoms with van der Waals surface area (Å²) >= 11 is 0. The molecule has 0 amide bonds. The van der Waals surface area contributed by atoms with Crippen LogP contribution in [-0.4, -0.2) is 132 Å². The van der Waals surface area contributed by atoms with Gasteiger partial charge in [0.05, 0.1) is 41.7 Å². The molecule has 4 aliphatic carbocycles. The topological polar surface area (TPSA) is 246 Å². The van der Waals surface area contributed by atoms with Crippen LogP contribution in [0.15, 0.2) is 27.6 Å². The van der Waals surface area contributed by atoms with Crippen LogP contribution in [-0.2, 0) is 23.7 Å². The van der Waals surface area contributed by atoms with Crippen LogP contribution in [0.5, 0.6) is 0 Å². The van der Waals surface area contributed by atoms with Crippen LogP contribution < -0.4 is 5.63 Å². The molecule has 18 atom stereocenters. The third kappa shape index (κ3) is 5.78. The lowest BCUT2D eigenvalue weighted by Crippen LogP contribution is -2.69. The van der Waals surface area contributed by atoms with E-state index in [-0.39, 0.29) is 37.0 Å². The molecule has 1 aromatic heterocycles. The predicted molar refractivity (Wildman–Crippen MR) is 173 cm³/mol. The highest BCUT2D eigenvalue weighted by Gasteiger charge is 2.71. The van der Waals surface area contributed by atoms with Crippen molar-refractivity contribution in [3.63, 3.8) is 0 Å². The quantitative estimate of drug-likeness (QED) is 0.127.